The number of anilines is 1. The second kappa shape index (κ2) is 8.18. The monoisotopic (exact) mass is 390 g/mol. The zero-order valence-corrected chi connectivity index (χ0v) is 15.7. The van der Waals surface area contributed by atoms with Crippen LogP contribution in [0.4, 0.5) is 10.5 Å². The largest absolute Gasteiger partial charge is 0.496 e. The predicted molar refractivity (Wildman–Crippen MR) is 101 cm³/mol. The average molecular weight is 391 g/mol. The molecular weight excluding hydrogens is 372 g/mol. The van der Waals surface area contributed by atoms with Crippen LogP contribution in [0.5, 0.6) is 11.5 Å². The molecule has 7 nitrogen and oxygen atoms in total. The summed E-state index contributed by atoms with van der Waals surface area (Å²) in [5.41, 5.74) is 0.978. The third kappa shape index (κ3) is 4.09. The van der Waals surface area contributed by atoms with Crippen molar-refractivity contribution < 1.29 is 23.8 Å². The van der Waals surface area contributed by atoms with Crippen LogP contribution in [-0.2, 0) is 4.74 Å². The number of nitrogens with one attached hydrogen (secondary N) is 1. The molecule has 27 heavy (non-hydrogen) atoms. The molecule has 0 spiro atoms. The summed E-state index contributed by atoms with van der Waals surface area (Å²) in [6.45, 7) is 0.486. The van der Waals surface area contributed by atoms with E-state index in [-0.39, 0.29) is 12.5 Å². The summed E-state index contributed by atoms with van der Waals surface area (Å²) in [5, 5.41) is 3.35. The fourth-order valence-electron chi connectivity index (χ4n) is 2.83. The quantitative estimate of drug-likeness (QED) is 0.820. The van der Waals surface area contributed by atoms with Gasteiger partial charge >= 0.3 is 6.09 Å². The van der Waals surface area contributed by atoms with Gasteiger partial charge in [0.15, 0.2) is 0 Å². The molecule has 2 aromatic rings. The van der Waals surface area contributed by atoms with Crippen molar-refractivity contribution in [3.8, 4) is 11.5 Å². The molecule has 0 radical (unpaired) electrons. The third-order valence-electron chi connectivity index (χ3n) is 4.16. The Morgan fingerprint density at radius 2 is 1.81 bits per heavy atom. The van der Waals surface area contributed by atoms with Crippen molar-refractivity contribution in [1.82, 2.24) is 5.32 Å². The van der Waals surface area contributed by atoms with Crippen LogP contribution in [0.25, 0.3) is 0 Å². The first kappa shape index (κ1) is 18.8. The molecule has 1 aliphatic heterocycles. The van der Waals surface area contributed by atoms with Gasteiger partial charge in [-0.3, -0.25) is 9.69 Å². The first-order chi connectivity index (χ1) is 13.0. The highest BCUT2D eigenvalue weighted by Gasteiger charge is 2.33. The van der Waals surface area contributed by atoms with Gasteiger partial charge in [0.1, 0.15) is 23.2 Å². The fourth-order valence-corrected chi connectivity index (χ4v) is 2.96. The Balaban J connectivity index is 1.65. The average Bonchev–Trinajstić information content (AvgIpc) is 3.06. The summed E-state index contributed by atoms with van der Waals surface area (Å²) in [7, 11) is 2.96. The summed E-state index contributed by atoms with van der Waals surface area (Å²) in [6, 6.07) is 12.0. The second-order valence-electron chi connectivity index (χ2n) is 5.84. The van der Waals surface area contributed by atoms with Gasteiger partial charge < -0.3 is 19.5 Å². The van der Waals surface area contributed by atoms with Crippen LogP contribution in [0.15, 0.2) is 42.5 Å². The number of benzene rings is 2. The molecule has 1 aliphatic rings. The number of amides is 2. The summed E-state index contributed by atoms with van der Waals surface area (Å²) in [6.07, 6.45) is -0.940. The van der Waals surface area contributed by atoms with Crippen molar-refractivity contribution in [3.05, 3.63) is 53.1 Å². The molecule has 1 unspecified atom stereocenters. The number of carbonyl (C=O) groups excluding carboxylic acids is 2. The molecule has 1 atom stereocenters. The van der Waals surface area contributed by atoms with Gasteiger partial charge in [-0.1, -0.05) is 17.7 Å². The smallest absolute Gasteiger partial charge is 0.414 e. The number of carbonyl (C=O) groups is 2. The fraction of sp³-hybridized carbons (Fsp3) is 0.263. The number of halogens is 1. The summed E-state index contributed by atoms with van der Waals surface area (Å²) in [4.78, 5) is 26.2. The number of hydrogen-bond donors (Lipinski definition) is 1. The standard InChI is InChI=1S/C19H19ClN2O5/c1-25-15-4-3-5-16(26-2)17(15)18(23)21-10-14-11-22(19(24)27-14)13-8-6-12(20)7-9-13/h3-9,14H,10-11H2,1-2H3,(H,21,23). The molecule has 2 aromatic carbocycles. The number of hydrogen-bond acceptors (Lipinski definition) is 5. The molecule has 2 amide bonds. The van der Waals surface area contributed by atoms with Crippen molar-refractivity contribution in [1.29, 1.82) is 0 Å². The van der Waals surface area contributed by atoms with E-state index in [0.717, 1.165) is 0 Å². The van der Waals surface area contributed by atoms with Crippen LogP contribution in [0, 0.1) is 0 Å². The van der Waals surface area contributed by atoms with Crippen LogP contribution >= 0.6 is 11.6 Å². The molecule has 0 bridgehead atoms. The molecule has 0 saturated carbocycles. The minimum Gasteiger partial charge on any atom is -0.496 e. The van der Waals surface area contributed by atoms with E-state index in [9.17, 15) is 9.59 Å². The maximum absolute atomic E-state index is 12.6. The molecule has 1 heterocycles. The van der Waals surface area contributed by atoms with E-state index in [2.05, 4.69) is 5.32 Å². The van der Waals surface area contributed by atoms with E-state index in [1.165, 1.54) is 19.1 Å². The predicted octanol–water partition coefficient (Wildman–Crippen LogP) is 3.11. The van der Waals surface area contributed by atoms with E-state index in [0.29, 0.717) is 34.3 Å². The minimum absolute atomic E-state index is 0.163. The Bertz CT molecular complexity index is 818. The van der Waals surface area contributed by atoms with E-state index >= 15 is 0 Å². The van der Waals surface area contributed by atoms with Gasteiger partial charge in [-0.05, 0) is 36.4 Å². The molecule has 142 valence electrons. The van der Waals surface area contributed by atoms with Gasteiger partial charge in [-0.2, -0.15) is 0 Å². The molecule has 0 aliphatic carbocycles. The zero-order chi connectivity index (χ0) is 19.4. The maximum Gasteiger partial charge on any atom is 0.414 e. The Morgan fingerprint density at radius 3 is 2.41 bits per heavy atom. The highest BCUT2D eigenvalue weighted by molar-refractivity contribution is 6.30. The molecule has 0 aromatic heterocycles. The Kier molecular flexibility index (Phi) is 5.71. The van der Waals surface area contributed by atoms with Gasteiger partial charge in [0.05, 0.1) is 27.3 Å². The van der Waals surface area contributed by atoms with Gasteiger partial charge in [-0.15, -0.1) is 0 Å². The zero-order valence-electron chi connectivity index (χ0n) is 14.9. The van der Waals surface area contributed by atoms with Crippen molar-refractivity contribution >= 4 is 29.3 Å². The van der Waals surface area contributed by atoms with Crippen LogP contribution in [0.2, 0.25) is 5.02 Å². The molecule has 1 saturated heterocycles. The van der Waals surface area contributed by atoms with Crippen molar-refractivity contribution in [2.45, 2.75) is 6.10 Å². The topological polar surface area (TPSA) is 77.1 Å². The molecule has 8 heteroatoms. The number of methoxy groups -OCH3 is 2. The van der Waals surface area contributed by atoms with Gasteiger partial charge in [0, 0.05) is 10.7 Å². The second-order valence-corrected chi connectivity index (χ2v) is 6.28. The first-order valence-corrected chi connectivity index (χ1v) is 8.64. The van der Waals surface area contributed by atoms with Crippen LogP contribution in [0.3, 0.4) is 0 Å². The lowest BCUT2D eigenvalue weighted by Gasteiger charge is -2.15. The minimum atomic E-state index is -0.474. The van der Waals surface area contributed by atoms with Crippen molar-refractivity contribution in [2.75, 3.05) is 32.2 Å². The van der Waals surface area contributed by atoms with E-state index < -0.39 is 12.2 Å². The highest BCUT2D eigenvalue weighted by atomic mass is 35.5. The Hall–Kier alpha value is -2.93. The lowest BCUT2D eigenvalue weighted by molar-refractivity contribution is 0.0910. The lowest BCUT2D eigenvalue weighted by atomic mass is 10.1. The van der Waals surface area contributed by atoms with E-state index in [4.69, 9.17) is 25.8 Å². The van der Waals surface area contributed by atoms with E-state index in [1.807, 2.05) is 0 Å². The van der Waals surface area contributed by atoms with Crippen LogP contribution in [-0.4, -0.2) is 45.4 Å². The summed E-state index contributed by atoms with van der Waals surface area (Å²) < 4.78 is 15.8. The first-order valence-electron chi connectivity index (χ1n) is 8.26. The number of ether oxygens (including phenoxy) is 3. The normalized spacial score (nSPS) is 16.0. The van der Waals surface area contributed by atoms with Crippen LogP contribution < -0.4 is 19.7 Å². The Morgan fingerprint density at radius 1 is 1.19 bits per heavy atom. The maximum atomic E-state index is 12.6. The van der Waals surface area contributed by atoms with E-state index in [1.54, 1.807) is 42.5 Å². The van der Waals surface area contributed by atoms with Crippen molar-refractivity contribution in [3.63, 3.8) is 0 Å². The molecule has 1 fully saturated rings. The summed E-state index contributed by atoms with van der Waals surface area (Å²) >= 11 is 5.87. The number of nitrogens with zero attached hydrogens (tertiary/aromatic N) is 1. The Labute approximate surface area is 161 Å². The molecule has 3 rings (SSSR count). The number of rotatable bonds is 6. The van der Waals surface area contributed by atoms with Gasteiger partial charge in [0.2, 0.25) is 0 Å². The van der Waals surface area contributed by atoms with Crippen molar-refractivity contribution in [2.24, 2.45) is 0 Å². The van der Waals surface area contributed by atoms with Gasteiger partial charge in [0.25, 0.3) is 5.91 Å². The number of cyclic esters (lactones) is 1. The SMILES string of the molecule is COc1cccc(OC)c1C(=O)NCC1CN(c2ccc(Cl)cc2)C(=O)O1. The lowest BCUT2D eigenvalue weighted by Crippen LogP contribution is -2.35. The summed E-state index contributed by atoms with van der Waals surface area (Å²) in [5.74, 6) is 0.432. The molecule has 1 N–H and O–H groups in total. The third-order valence-corrected chi connectivity index (χ3v) is 4.41. The van der Waals surface area contributed by atoms with Crippen LogP contribution in [0.1, 0.15) is 10.4 Å². The highest BCUT2D eigenvalue weighted by Crippen LogP contribution is 2.28. The van der Waals surface area contributed by atoms with Gasteiger partial charge in [-0.25, -0.2) is 4.79 Å². The molecular formula is C19H19ClN2O5.